The van der Waals surface area contributed by atoms with Crippen molar-refractivity contribution >= 4 is 11.4 Å². The molecule has 0 unspecified atom stereocenters. The van der Waals surface area contributed by atoms with E-state index < -0.39 is 0 Å². The Bertz CT molecular complexity index is 583. The number of aryl methyl sites for hydroxylation is 1. The van der Waals surface area contributed by atoms with Crippen molar-refractivity contribution in [2.24, 2.45) is 0 Å². The summed E-state index contributed by atoms with van der Waals surface area (Å²) in [6.45, 7) is 2.41. The Morgan fingerprint density at radius 1 is 1.25 bits per heavy atom. The zero-order chi connectivity index (χ0) is 14.5. The lowest BCUT2D eigenvalue weighted by atomic mass is 10.2. The monoisotopic (exact) mass is 278 g/mol. The molecule has 7 heteroatoms. The number of nitrogens with zero attached hydrogens (tertiary/aromatic N) is 2. The number of methoxy groups -OCH3 is 2. The Hall–Kier alpha value is -2.44. The molecule has 20 heavy (non-hydrogen) atoms. The number of hydrogen-bond acceptors (Lipinski definition) is 7. The molecule has 0 aliphatic rings. The molecule has 0 atom stereocenters. The number of aromatic nitrogens is 2. The molecule has 2 aromatic rings. The lowest BCUT2D eigenvalue weighted by molar-refractivity contribution is 0.355. The smallest absolute Gasteiger partial charge is 0.228 e. The molecule has 108 valence electrons. The van der Waals surface area contributed by atoms with E-state index in [2.05, 4.69) is 15.5 Å². The van der Waals surface area contributed by atoms with Crippen molar-refractivity contribution in [2.45, 2.75) is 13.3 Å². The highest BCUT2D eigenvalue weighted by Gasteiger charge is 2.09. The van der Waals surface area contributed by atoms with Gasteiger partial charge in [-0.25, -0.2) is 0 Å². The molecule has 0 fully saturated rings. The molecule has 0 aliphatic heterocycles. The van der Waals surface area contributed by atoms with Gasteiger partial charge < -0.3 is 25.0 Å². The molecule has 1 aromatic heterocycles. The number of benzene rings is 1. The van der Waals surface area contributed by atoms with Crippen LogP contribution in [0, 0.1) is 6.92 Å². The average molecular weight is 278 g/mol. The molecular weight excluding hydrogens is 260 g/mol. The van der Waals surface area contributed by atoms with Gasteiger partial charge in [-0.05, 0) is 6.92 Å². The summed E-state index contributed by atoms with van der Waals surface area (Å²) in [4.78, 5) is 4.13. The fourth-order valence-corrected chi connectivity index (χ4v) is 1.79. The van der Waals surface area contributed by atoms with E-state index in [1.807, 2.05) is 0 Å². The summed E-state index contributed by atoms with van der Waals surface area (Å²) in [6, 6.07) is 3.52. The standard InChI is InChI=1S/C13H18N4O3/c1-8-16-13(20-17-8)4-5-15-10-7-12(19-3)11(18-2)6-9(10)14/h6-7,15H,4-5,14H2,1-3H3. The minimum atomic E-state index is 0.587. The van der Waals surface area contributed by atoms with E-state index in [4.69, 9.17) is 19.7 Å². The van der Waals surface area contributed by atoms with Crippen molar-refractivity contribution in [3.05, 3.63) is 23.8 Å². The highest BCUT2D eigenvalue weighted by molar-refractivity contribution is 5.72. The van der Waals surface area contributed by atoms with Crippen molar-refractivity contribution in [2.75, 3.05) is 31.8 Å². The van der Waals surface area contributed by atoms with E-state index in [0.717, 1.165) is 5.69 Å². The van der Waals surface area contributed by atoms with Gasteiger partial charge in [0.15, 0.2) is 17.3 Å². The molecule has 7 nitrogen and oxygen atoms in total. The number of nitrogens with one attached hydrogen (secondary N) is 1. The highest BCUT2D eigenvalue weighted by Crippen LogP contribution is 2.34. The van der Waals surface area contributed by atoms with Gasteiger partial charge in [0.1, 0.15) is 0 Å². The maximum Gasteiger partial charge on any atom is 0.228 e. The van der Waals surface area contributed by atoms with Crippen LogP contribution in [0.5, 0.6) is 11.5 Å². The molecule has 0 amide bonds. The van der Waals surface area contributed by atoms with Crippen LogP contribution in [0.25, 0.3) is 0 Å². The summed E-state index contributed by atoms with van der Waals surface area (Å²) < 4.78 is 15.5. The lowest BCUT2D eigenvalue weighted by Crippen LogP contribution is -2.07. The van der Waals surface area contributed by atoms with Crippen molar-refractivity contribution in [3.8, 4) is 11.5 Å². The molecule has 2 rings (SSSR count). The van der Waals surface area contributed by atoms with Crippen molar-refractivity contribution in [1.82, 2.24) is 10.1 Å². The first-order valence-electron chi connectivity index (χ1n) is 6.18. The quantitative estimate of drug-likeness (QED) is 0.775. The molecule has 0 spiro atoms. The Labute approximate surface area is 117 Å². The molecule has 3 N–H and O–H groups in total. The fourth-order valence-electron chi connectivity index (χ4n) is 1.79. The molecular formula is C13H18N4O3. The van der Waals surface area contributed by atoms with Gasteiger partial charge in [0.25, 0.3) is 0 Å². The average Bonchev–Trinajstić information content (AvgIpc) is 2.85. The van der Waals surface area contributed by atoms with Gasteiger partial charge in [-0.3, -0.25) is 0 Å². The molecule has 0 saturated carbocycles. The Morgan fingerprint density at radius 3 is 2.55 bits per heavy atom. The predicted octanol–water partition coefficient (Wildman–Crippen LogP) is 1.63. The Balaban J connectivity index is 2.02. The lowest BCUT2D eigenvalue weighted by Gasteiger charge is -2.13. The first-order valence-corrected chi connectivity index (χ1v) is 6.18. The van der Waals surface area contributed by atoms with Gasteiger partial charge in [0.05, 0.1) is 25.6 Å². The molecule has 0 aliphatic carbocycles. The van der Waals surface area contributed by atoms with Crippen molar-refractivity contribution < 1.29 is 14.0 Å². The van der Waals surface area contributed by atoms with E-state index in [1.54, 1.807) is 33.3 Å². The van der Waals surface area contributed by atoms with E-state index in [9.17, 15) is 0 Å². The van der Waals surface area contributed by atoms with Crippen molar-refractivity contribution in [3.63, 3.8) is 0 Å². The maximum absolute atomic E-state index is 5.95. The molecule has 0 saturated heterocycles. The zero-order valence-electron chi connectivity index (χ0n) is 11.8. The molecule has 0 bridgehead atoms. The van der Waals surface area contributed by atoms with Gasteiger partial charge in [-0.2, -0.15) is 4.98 Å². The van der Waals surface area contributed by atoms with Crippen LogP contribution in [0.15, 0.2) is 16.7 Å². The number of ether oxygens (including phenoxy) is 2. The van der Waals surface area contributed by atoms with E-state index >= 15 is 0 Å². The SMILES string of the molecule is COc1cc(N)c(NCCc2nc(C)no2)cc1OC. The van der Waals surface area contributed by atoms with E-state index in [1.165, 1.54) is 0 Å². The third kappa shape index (κ3) is 3.11. The van der Waals surface area contributed by atoms with E-state index in [-0.39, 0.29) is 0 Å². The topological polar surface area (TPSA) is 95.4 Å². The number of hydrogen-bond donors (Lipinski definition) is 2. The minimum absolute atomic E-state index is 0.587. The summed E-state index contributed by atoms with van der Waals surface area (Å²) in [7, 11) is 3.15. The first kappa shape index (κ1) is 14.0. The molecule has 0 radical (unpaired) electrons. The third-order valence-corrected chi connectivity index (χ3v) is 2.78. The predicted molar refractivity (Wildman–Crippen MR) is 75.2 cm³/mol. The van der Waals surface area contributed by atoms with Crippen LogP contribution in [-0.2, 0) is 6.42 Å². The number of rotatable bonds is 6. The van der Waals surface area contributed by atoms with Gasteiger partial charge >= 0.3 is 0 Å². The largest absolute Gasteiger partial charge is 0.493 e. The fraction of sp³-hybridized carbons (Fsp3) is 0.385. The highest BCUT2D eigenvalue weighted by atomic mass is 16.5. The van der Waals surface area contributed by atoms with Crippen LogP contribution in [-0.4, -0.2) is 30.9 Å². The van der Waals surface area contributed by atoms with Crippen LogP contribution >= 0.6 is 0 Å². The summed E-state index contributed by atoms with van der Waals surface area (Å²) in [5, 5.41) is 6.94. The van der Waals surface area contributed by atoms with Gasteiger partial charge in [0.2, 0.25) is 5.89 Å². The third-order valence-electron chi connectivity index (χ3n) is 2.78. The van der Waals surface area contributed by atoms with E-state index in [0.29, 0.717) is 41.9 Å². The molecule has 1 heterocycles. The van der Waals surface area contributed by atoms with Crippen molar-refractivity contribution in [1.29, 1.82) is 0 Å². The van der Waals surface area contributed by atoms with Crippen LogP contribution in [0.3, 0.4) is 0 Å². The first-order chi connectivity index (χ1) is 9.63. The summed E-state index contributed by atoms with van der Waals surface area (Å²) in [5.74, 6) is 2.44. The summed E-state index contributed by atoms with van der Waals surface area (Å²) >= 11 is 0. The normalized spacial score (nSPS) is 10.3. The Kier molecular flexibility index (Phi) is 4.29. The van der Waals surface area contributed by atoms with Gasteiger partial charge in [0, 0.05) is 25.1 Å². The van der Waals surface area contributed by atoms with Crippen LogP contribution in [0.4, 0.5) is 11.4 Å². The zero-order valence-corrected chi connectivity index (χ0v) is 11.8. The van der Waals surface area contributed by atoms with Crippen LogP contribution < -0.4 is 20.5 Å². The Morgan fingerprint density at radius 2 is 1.95 bits per heavy atom. The second-order valence-corrected chi connectivity index (χ2v) is 4.21. The minimum Gasteiger partial charge on any atom is -0.493 e. The van der Waals surface area contributed by atoms with Crippen LogP contribution in [0.1, 0.15) is 11.7 Å². The number of nitrogens with two attached hydrogens (primary N) is 1. The van der Waals surface area contributed by atoms with Gasteiger partial charge in [-0.1, -0.05) is 5.16 Å². The summed E-state index contributed by atoms with van der Waals surface area (Å²) in [5.41, 5.74) is 7.32. The second-order valence-electron chi connectivity index (χ2n) is 4.21. The molecule has 1 aromatic carbocycles. The second kappa shape index (κ2) is 6.14. The summed E-state index contributed by atoms with van der Waals surface area (Å²) in [6.07, 6.45) is 0.620. The number of anilines is 2. The number of nitrogen functional groups attached to an aromatic ring is 1. The van der Waals surface area contributed by atoms with Crippen LogP contribution in [0.2, 0.25) is 0 Å². The maximum atomic E-state index is 5.95. The van der Waals surface area contributed by atoms with Gasteiger partial charge in [-0.15, -0.1) is 0 Å².